The number of rotatable bonds is 2. The summed E-state index contributed by atoms with van der Waals surface area (Å²) in [6.45, 7) is 3.50. The van der Waals surface area contributed by atoms with E-state index in [1.165, 1.54) is 6.07 Å². The van der Waals surface area contributed by atoms with Gasteiger partial charge in [0, 0.05) is 26.2 Å². The van der Waals surface area contributed by atoms with E-state index in [1.807, 2.05) is 4.90 Å². The van der Waals surface area contributed by atoms with Crippen LogP contribution in [-0.2, 0) is 11.2 Å². The molecule has 2 atom stereocenters. The number of hydrogen-bond acceptors (Lipinski definition) is 2. The van der Waals surface area contributed by atoms with Crippen molar-refractivity contribution in [1.82, 2.24) is 10.2 Å². The Hall–Kier alpha value is -1.49. The van der Waals surface area contributed by atoms with Crippen molar-refractivity contribution in [3.63, 3.8) is 0 Å². The SMILES string of the molecule is O=C(Cc1ccc(F)c(F)c1)N1CC2CNCC2C1. The third kappa shape index (κ3) is 2.47. The van der Waals surface area contributed by atoms with Crippen molar-refractivity contribution in [2.75, 3.05) is 26.2 Å². The van der Waals surface area contributed by atoms with Crippen molar-refractivity contribution in [1.29, 1.82) is 0 Å². The molecule has 2 aliphatic heterocycles. The van der Waals surface area contributed by atoms with Crippen molar-refractivity contribution in [3.05, 3.63) is 35.4 Å². The van der Waals surface area contributed by atoms with E-state index in [4.69, 9.17) is 0 Å². The van der Waals surface area contributed by atoms with Crippen LogP contribution in [0.1, 0.15) is 5.56 Å². The van der Waals surface area contributed by atoms with E-state index in [-0.39, 0.29) is 12.3 Å². The normalized spacial score (nSPS) is 25.7. The molecule has 1 amide bonds. The summed E-state index contributed by atoms with van der Waals surface area (Å²) >= 11 is 0. The summed E-state index contributed by atoms with van der Waals surface area (Å²) in [5, 5.41) is 3.32. The maximum absolute atomic E-state index is 13.1. The average molecular weight is 266 g/mol. The molecule has 0 saturated carbocycles. The Morgan fingerprint density at radius 2 is 1.89 bits per heavy atom. The van der Waals surface area contributed by atoms with Gasteiger partial charge in [0.2, 0.25) is 5.91 Å². The second kappa shape index (κ2) is 4.89. The van der Waals surface area contributed by atoms with Crippen LogP contribution in [0.5, 0.6) is 0 Å². The predicted octanol–water partition coefficient (Wildman–Crippen LogP) is 1.19. The molecule has 5 heteroatoms. The van der Waals surface area contributed by atoms with Crippen LogP contribution in [0.4, 0.5) is 8.78 Å². The fraction of sp³-hybridized carbons (Fsp3) is 0.500. The van der Waals surface area contributed by atoms with Crippen LogP contribution >= 0.6 is 0 Å². The number of fused-ring (bicyclic) bond motifs is 1. The number of carbonyl (C=O) groups excluding carboxylic acids is 1. The van der Waals surface area contributed by atoms with Gasteiger partial charge in [0.25, 0.3) is 0 Å². The van der Waals surface area contributed by atoms with E-state index in [0.29, 0.717) is 17.4 Å². The Bertz CT molecular complexity index is 494. The number of amides is 1. The molecule has 19 heavy (non-hydrogen) atoms. The zero-order chi connectivity index (χ0) is 13.4. The van der Waals surface area contributed by atoms with E-state index in [1.54, 1.807) is 0 Å². The maximum atomic E-state index is 13.1. The fourth-order valence-corrected chi connectivity index (χ4v) is 3.00. The lowest BCUT2D eigenvalue weighted by Crippen LogP contribution is -2.33. The highest BCUT2D eigenvalue weighted by Gasteiger charge is 2.37. The zero-order valence-electron chi connectivity index (χ0n) is 10.5. The van der Waals surface area contributed by atoms with Crippen LogP contribution < -0.4 is 5.32 Å². The minimum atomic E-state index is -0.896. The highest BCUT2D eigenvalue weighted by molar-refractivity contribution is 5.79. The van der Waals surface area contributed by atoms with Crippen LogP contribution in [-0.4, -0.2) is 37.0 Å². The molecular weight excluding hydrogens is 250 g/mol. The average Bonchev–Trinajstić information content (AvgIpc) is 2.94. The van der Waals surface area contributed by atoms with E-state index >= 15 is 0 Å². The Labute approximate surface area is 110 Å². The molecule has 2 saturated heterocycles. The van der Waals surface area contributed by atoms with Gasteiger partial charge in [-0.3, -0.25) is 4.79 Å². The third-order valence-electron chi connectivity index (χ3n) is 4.08. The van der Waals surface area contributed by atoms with Crippen molar-refractivity contribution < 1.29 is 13.6 Å². The van der Waals surface area contributed by atoms with Gasteiger partial charge >= 0.3 is 0 Å². The third-order valence-corrected chi connectivity index (χ3v) is 4.08. The van der Waals surface area contributed by atoms with Gasteiger partial charge in [-0.15, -0.1) is 0 Å². The molecule has 0 spiro atoms. The molecule has 2 heterocycles. The lowest BCUT2D eigenvalue weighted by atomic mass is 10.0. The molecule has 3 rings (SSSR count). The first-order valence-electron chi connectivity index (χ1n) is 6.56. The highest BCUT2D eigenvalue weighted by Crippen LogP contribution is 2.26. The van der Waals surface area contributed by atoms with Gasteiger partial charge in [-0.1, -0.05) is 6.07 Å². The number of halogens is 2. The summed E-state index contributed by atoms with van der Waals surface area (Å²) in [7, 11) is 0. The van der Waals surface area contributed by atoms with Gasteiger partial charge in [-0.05, 0) is 29.5 Å². The van der Waals surface area contributed by atoms with Crippen LogP contribution in [0.15, 0.2) is 18.2 Å². The second-order valence-corrected chi connectivity index (χ2v) is 5.40. The van der Waals surface area contributed by atoms with Crippen molar-refractivity contribution >= 4 is 5.91 Å². The topological polar surface area (TPSA) is 32.3 Å². The first-order valence-corrected chi connectivity index (χ1v) is 6.56. The summed E-state index contributed by atoms with van der Waals surface area (Å²) in [6, 6.07) is 3.64. The molecule has 0 aliphatic carbocycles. The van der Waals surface area contributed by atoms with Crippen LogP contribution in [0.25, 0.3) is 0 Å². The number of nitrogens with one attached hydrogen (secondary N) is 1. The monoisotopic (exact) mass is 266 g/mol. The number of carbonyl (C=O) groups is 1. The lowest BCUT2D eigenvalue weighted by molar-refractivity contribution is -0.129. The summed E-state index contributed by atoms with van der Waals surface area (Å²) in [5.74, 6) is -0.672. The molecule has 0 aromatic heterocycles. The first-order chi connectivity index (χ1) is 9.13. The number of nitrogens with zero attached hydrogens (tertiary/aromatic N) is 1. The van der Waals surface area contributed by atoms with Gasteiger partial charge in [-0.25, -0.2) is 8.78 Å². The minimum absolute atomic E-state index is 0.000378. The minimum Gasteiger partial charge on any atom is -0.342 e. The van der Waals surface area contributed by atoms with Crippen LogP contribution in [0.3, 0.4) is 0 Å². The molecule has 2 unspecified atom stereocenters. The smallest absolute Gasteiger partial charge is 0.227 e. The molecule has 0 radical (unpaired) electrons. The first kappa shape index (κ1) is 12.5. The van der Waals surface area contributed by atoms with Gasteiger partial charge in [0.15, 0.2) is 11.6 Å². The van der Waals surface area contributed by atoms with Gasteiger partial charge in [0.1, 0.15) is 0 Å². The van der Waals surface area contributed by atoms with Crippen molar-refractivity contribution in [2.24, 2.45) is 11.8 Å². The molecule has 102 valence electrons. The second-order valence-electron chi connectivity index (χ2n) is 5.40. The number of benzene rings is 1. The summed E-state index contributed by atoms with van der Waals surface area (Å²) in [4.78, 5) is 14.0. The van der Waals surface area contributed by atoms with Crippen LogP contribution in [0, 0.1) is 23.5 Å². The summed E-state index contributed by atoms with van der Waals surface area (Å²) < 4.78 is 25.9. The molecule has 0 bridgehead atoms. The fourth-order valence-electron chi connectivity index (χ4n) is 3.00. The molecule has 2 fully saturated rings. The summed E-state index contributed by atoms with van der Waals surface area (Å²) in [6.07, 6.45) is 0.143. The molecule has 3 nitrogen and oxygen atoms in total. The zero-order valence-corrected chi connectivity index (χ0v) is 10.5. The molecular formula is C14H16F2N2O. The largest absolute Gasteiger partial charge is 0.342 e. The number of likely N-dealkylation sites (tertiary alicyclic amines) is 1. The van der Waals surface area contributed by atoms with Gasteiger partial charge in [0.05, 0.1) is 6.42 Å². The van der Waals surface area contributed by atoms with Crippen molar-refractivity contribution in [2.45, 2.75) is 6.42 Å². The molecule has 1 aromatic carbocycles. The van der Waals surface area contributed by atoms with Crippen molar-refractivity contribution in [3.8, 4) is 0 Å². The van der Waals surface area contributed by atoms with E-state index < -0.39 is 11.6 Å². The lowest BCUT2D eigenvalue weighted by Gasteiger charge is -2.17. The summed E-state index contributed by atoms with van der Waals surface area (Å²) in [5.41, 5.74) is 0.527. The standard InChI is InChI=1S/C14H16F2N2O/c15-12-2-1-9(3-13(12)16)4-14(19)18-7-10-5-17-6-11(10)8-18/h1-3,10-11,17H,4-8H2. The Morgan fingerprint density at radius 3 is 2.53 bits per heavy atom. The Kier molecular flexibility index (Phi) is 3.22. The number of hydrogen-bond donors (Lipinski definition) is 1. The molecule has 1 N–H and O–H groups in total. The molecule has 1 aromatic rings. The van der Waals surface area contributed by atoms with E-state index in [0.717, 1.165) is 38.3 Å². The van der Waals surface area contributed by atoms with E-state index in [2.05, 4.69) is 5.32 Å². The highest BCUT2D eigenvalue weighted by atomic mass is 19.2. The van der Waals surface area contributed by atoms with Crippen LogP contribution in [0.2, 0.25) is 0 Å². The Balaban J connectivity index is 1.63. The molecule has 2 aliphatic rings. The van der Waals surface area contributed by atoms with Gasteiger partial charge < -0.3 is 10.2 Å². The maximum Gasteiger partial charge on any atom is 0.227 e. The quantitative estimate of drug-likeness (QED) is 0.872. The van der Waals surface area contributed by atoms with Gasteiger partial charge in [-0.2, -0.15) is 0 Å². The van der Waals surface area contributed by atoms with E-state index in [9.17, 15) is 13.6 Å². The Morgan fingerprint density at radius 1 is 1.21 bits per heavy atom. The predicted molar refractivity (Wildman–Crippen MR) is 66.5 cm³/mol.